The van der Waals surface area contributed by atoms with Crippen molar-refractivity contribution >= 4 is 46.2 Å². The van der Waals surface area contributed by atoms with E-state index in [-0.39, 0.29) is 5.57 Å². The molecule has 0 aliphatic heterocycles. The number of nitrogen functional groups attached to an aromatic ring is 1. The number of carbonyl (C=O) groups excluding carboxylic acids is 1. The Morgan fingerprint density at radius 3 is 2.54 bits per heavy atom. The zero-order valence-electron chi connectivity index (χ0n) is 12.7. The zero-order chi connectivity index (χ0) is 17.7. The Kier molecular flexibility index (Phi) is 5.69. The van der Waals surface area contributed by atoms with Crippen molar-refractivity contribution < 1.29 is 4.79 Å². The number of benzene rings is 2. The highest BCUT2D eigenvalue weighted by molar-refractivity contribution is 6.34. The first-order valence-corrected chi connectivity index (χ1v) is 7.65. The van der Waals surface area contributed by atoms with Crippen LogP contribution in [0.15, 0.2) is 48.2 Å². The SMILES string of the molecule is Cc1cc(Cl)ccc1N/C=C(/C#N)C(=O)Nc1ccc(N)cc1Cl. The van der Waals surface area contributed by atoms with Crippen LogP contribution in [0.1, 0.15) is 5.56 Å². The summed E-state index contributed by atoms with van der Waals surface area (Å²) in [5.74, 6) is -0.580. The molecule has 0 heterocycles. The fourth-order valence-electron chi connectivity index (χ4n) is 1.91. The van der Waals surface area contributed by atoms with Crippen molar-refractivity contribution in [1.29, 1.82) is 5.26 Å². The molecule has 0 radical (unpaired) electrons. The highest BCUT2D eigenvalue weighted by Gasteiger charge is 2.11. The van der Waals surface area contributed by atoms with E-state index in [1.807, 2.05) is 13.0 Å². The van der Waals surface area contributed by atoms with E-state index >= 15 is 0 Å². The normalized spacial score (nSPS) is 10.8. The van der Waals surface area contributed by atoms with Crippen LogP contribution < -0.4 is 16.4 Å². The van der Waals surface area contributed by atoms with Crippen molar-refractivity contribution in [3.05, 3.63) is 63.8 Å². The maximum Gasteiger partial charge on any atom is 0.267 e. The average molecular weight is 361 g/mol. The van der Waals surface area contributed by atoms with Crippen LogP contribution in [0.5, 0.6) is 0 Å². The number of halogens is 2. The Morgan fingerprint density at radius 2 is 1.92 bits per heavy atom. The molecule has 5 nitrogen and oxygen atoms in total. The minimum absolute atomic E-state index is 0.0998. The predicted octanol–water partition coefficient (Wildman–Crippen LogP) is 4.34. The van der Waals surface area contributed by atoms with Crippen LogP contribution in [-0.4, -0.2) is 5.91 Å². The molecular weight excluding hydrogens is 347 g/mol. The Morgan fingerprint density at radius 1 is 1.21 bits per heavy atom. The van der Waals surface area contributed by atoms with Gasteiger partial charge in [0.05, 0.1) is 10.7 Å². The van der Waals surface area contributed by atoms with Crippen LogP contribution >= 0.6 is 23.2 Å². The third-order valence-electron chi connectivity index (χ3n) is 3.17. The Hall–Kier alpha value is -2.68. The van der Waals surface area contributed by atoms with Crippen LogP contribution in [0.2, 0.25) is 10.0 Å². The third-order valence-corrected chi connectivity index (χ3v) is 3.71. The van der Waals surface area contributed by atoms with Crippen LogP contribution in [0.3, 0.4) is 0 Å². The first kappa shape index (κ1) is 17.7. The topological polar surface area (TPSA) is 90.9 Å². The van der Waals surface area contributed by atoms with E-state index < -0.39 is 5.91 Å². The van der Waals surface area contributed by atoms with Crippen LogP contribution in [0.4, 0.5) is 17.1 Å². The van der Waals surface area contributed by atoms with Gasteiger partial charge in [-0.2, -0.15) is 5.26 Å². The number of aryl methyl sites for hydroxylation is 1. The maximum absolute atomic E-state index is 12.2. The summed E-state index contributed by atoms with van der Waals surface area (Å²) in [6.07, 6.45) is 1.33. The minimum atomic E-state index is -0.580. The number of carbonyl (C=O) groups is 1. The molecule has 7 heteroatoms. The minimum Gasteiger partial charge on any atom is -0.399 e. The van der Waals surface area contributed by atoms with E-state index in [9.17, 15) is 10.1 Å². The lowest BCUT2D eigenvalue weighted by atomic mass is 10.2. The smallest absolute Gasteiger partial charge is 0.267 e. The predicted molar refractivity (Wildman–Crippen MR) is 98.0 cm³/mol. The summed E-state index contributed by atoms with van der Waals surface area (Å²) < 4.78 is 0. The molecule has 0 fully saturated rings. The van der Waals surface area contributed by atoms with Crippen LogP contribution in [0.25, 0.3) is 0 Å². The van der Waals surface area contributed by atoms with Gasteiger partial charge in [0.15, 0.2) is 0 Å². The van der Waals surface area contributed by atoms with Gasteiger partial charge in [-0.25, -0.2) is 0 Å². The Bertz CT molecular complexity index is 856. The summed E-state index contributed by atoms with van der Waals surface area (Å²) in [6.45, 7) is 1.86. The quantitative estimate of drug-likeness (QED) is 0.429. The van der Waals surface area contributed by atoms with E-state index in [2.05, 4.69) is 10.6 Å². The summed E-state index contributed by atoms with van der Waals surface area (Å²) in [7, 11) is 0. The maximum atomic E-state index is 12.2. The zero-order valence-corrected chi connectivity index (χ0v) is 14.2. The number of nitrogens with zero attached hydrogens (tertiary/aromatic N) is 1. The molecule has 0 unspecified atom stereocenters. The van der Waals surface area contributed by atoms with E-state index in [1.165, 1.54) is 12.3 Å². The van der Waals surface area contributed by atoms with Gasteiger partial charge < -0.3 is 16.4 Å². The molecule has 2 rings (SSSR count). The third kappa shape index (κ3) is 4.42. The second-order valence-electron chi connectivity index (χ2n) is 4.97. The molecule has 1 amide bonds. The molecule has 0 saturated heterocycles. The lowest BCUT2D eigenvalue weighted by Crippen LogP contribution is -2.15. The number of hydrogen-bond acceptors (Lipinski definition) is 4. The number of nitrogens with one attached hydrogen (secondary N) is 2. The van der Waals surface area contributed by atoms with Crippen molar-refractivity contribution in [1.82, 2.24) is 0 Å². The highest BCUT2D eigenvalue weighted by atomic mass is 35.5. The largest absolute Gasteiger partial charge is 0.399 e. The molecule has 2 aromatic rings. The van der Waals surface area contributed by atoms with Gasteiger partial charge in [-0.15, -0.1) is 0 Å². The van der Waals surface area contributed by atoms with E-state index in [1.54, 1.807) is 30.3 Å². The molecule has 2 aromatic carbocycles. The second kappa shape index (κ2) is 7.73. The van der Waals surface area contributed by atoms with Crippen molar-refractivity contribution in [2.45, 2.75) is 6.92 Å². The summed E-state index contributed by atoms with van der Waals surface area (Å²) >= 11 is 11.9. The molecule has 0 aliphatic carbocycles. The number of nitriles is 1. The lowest BCUT2D eigenvalue weighted by molar-refractivity contribution is -0.112. The molecule has 0 saturated carbocycles. The van der Waals surface area contributed by atoms with Crippen LogP contribution in [0, 0.1) is 18.3 Å². The van der Waals surface area contributed by atoms with E-state index in [4.69, 9.17) is 28.9 Å². The monoisotopic (exact) mass is 360 g/mol. The van der Waals surface area contributed by atoms with Gasteiger partial charge in [-0.05, 0) is 48.9 Å². The molecule has 0 spiro atoms. The van der Waals surface area contributed by atoms with E-state index in [0.717, 1.165) is 11.3 Å². The Labute approximate surface area is 149 Å². The lowest BCUT2D eigenvalue weighted by Gasteiger charge is -2.09. The van der Waals surface area contributed by atoms with Crippen LogP contribution in [-0.2, 0) is 4.79 Å². The van der Waals surface area contributed by atoms with Gasteiger partial charge >= 0.3 is 0 Å². The van der Waals surface area contributed by atoms with Gasteiger partial charge in [0.2, 0.25) is 0 Å². The number of amides is 1. The first-order valence-electron chi connectivity index (χ1n) is 6.90. The summed E-state index contributed by atoms with van der Waals surface area (Å²) in [5.41, 5.74) is 7.98. The second-order valence-corrected chi connectivity index (χ2v) is 5.81. The highest BCUT2D eigenvalue weighted by Crippen LogP contribution is 2.24. The fraction of sp³-hybridized carbons (Fsp3) is 0.0588. The molecule has 0 aliphatic rings. The number of anilines is 3. The van der Waals surface area contributed by atoms with Crippen molar-refractivity contribution in [2.24, 2.45) is 0 Å². The van der Waals surface area contributed by atoms with Gasteiger partial charge in [-0.1, -0.05) is 23.2 Å². The van der Waals surface area contributed by atoms with Gasteiger partial charge in [0.1, 0.15) is 11.6 Å². The summed E-state index contributed by atoms with van der Waals surface area (Å²) in [6, 6.07) is 11.8. The first-order chi connectivity index (χ1) is 11.4. The molecule has 0 bridgehead atoms. The molecule has 4 N–H and O–H groups in total. The van der Waals surface area contributed by atoms with Gasteiger partial charge in [0.25, 0.3) is 5.91 Å². The molecular formula is C17H14Cl2N4O. The molecule has 0 atom stereocenters. The van der Waals surface area contributed by atoms with Crippen molar-refractivity contribution in [2.75, 3.05) is 16.4 Å². The van der Waals surface area contributed by atoms with Gasteiger partial charge in [-0.3, -0.25) is 4.79 Å². The van der Waals surface area contributed by atoms with Gasteiger partial charge in [0, 0.05) is 22.6 Å². The standard InChI is InChI=1S/C17H14Cl2N4O/c1-10-6-12(18)2-4-15(10)22-9-11(8-20)17(24)23-16-5-3-13(21)7-14(16)19/h2-7,9,22H,21H2,1H3,(H,23,24)/b11-9-. The number of hydrogen-bond donors (Lipinski definition) is 3. The van der Waals surface area contributed by atoms with Crippen molar-refractivity contribution in [3.8, 4) is 6.07 Å². The Balaban J connectivity index is 2.15. The van der Waals surface area contributed by atoms with E-state index in [0.29, 0.717) is 21.4 Å². The average Bonchev–Trinajstić information content (AvgIpc) is 2.52. The summed E-state index contributed by atoms with van der Waals surface area (Å²) in [5, 5.41) is 15.6. The summed E-state index contributed by atoms with van der Waals surface area (Å²) in [4.78, 5) is 12.2. The molecule has 24 heavy (non-hydrogen) atoms. The number of rotatable bonds is 4. The molecule has 0 aromatic heterocycles. The van der Waals surface area contributed by atoms with Crippen molar-refractivity contribution in [3.63, 3.8) is 0 Å². The number of nitrogens with two attached hydrogens (primary N) is 1. The molecule has 122 valence electrons. The fourth-order valence-corrected chi connectivity index (χ4v) is 2.37.